The Bertz CT molecular complexity index is 476. The van der Waals surface area contributed by atoms with Crippen molar-refractivity contribution >= 4 is 6.01 Å². The maximum absolute atomic E-state index is 10.7. The van der Waals surface area contributed by atoms with Gasteiger partial charge in [0.25, 0.3) is 0 Å². The zero-order valence-corrected chi connectivity index (χ0v) is 13.0. The Labute approximate surface area is 125 Å². The Hall–Kier alpha value is -1.14. The summed E-state index contributed by atoms with van der Waals surface area (Å²) in [4.78, 5) is 2.14. The van der Waals surface area contributed by atoms with Crippen LogP contribution in [0, 0.1) is 5.92 Å². The molecule has 0 aromatic carbocycles. The highest BCUT2D eigenvalue weighted by Gasteiger charge is 2.43. The van der Waals surface area contributed by atoms with Crippen LogP contribution in [0.1, 0.15) is 51.8 Å². The average Bonchev–Trinajstić information content (AvgIpc) is 2.93. The van der Waals surface area contributed by atoms with Crippen LogP contribution in [0.2, 0.25) is 0 Å². The summed E-state index contributed by atoms with van der Waals surface area (Å²) in [5, 5.41) is 22.2. The second kappa shape index (κ2) is 5.93. The minimum atomic E-state index is -0.462. The van der Waals surface area contributed by atoms with Crippen molar-refractivity contribution in [3.63, 3.8) is 0 Å². The normalized spacial score (nSPS) is 29.7. The molecule has 118 valence electrons. The largest absolute Gasteiger partial charge is 0.407 e. The van der Waals surface area contributed by atoms with Crippen molar-refractivity contribution in [1.29, 1.82) is 0 Å². The van der Waals surface area contributed by atoms with Crippen molar-refractivity contribution in [3.8, 4) is 0 Å². The van der Waals surface area contributed by atoms with E-state index in [4.69, 9.17) is 4.42 Å². The maximum atomic E-state index is 10.7. The lowest BCUT2D eigenvalue weighted by atomic mass is 9.71. The fourth-order valence-corrected chi connectivity index (χ4v) is 3.48. The molecule has 0 bridgehead atoms. The van der Waals surface area contributed by atoms with Crippen LogP contribution >= 0.6 is 0 Å². The van der Waals surface area contributed by atoms with Gasteiger partial charge < -0.3 is 19.7 Å². The Morgan fingerprint density at radius 1 is 1.38 bits per heavy atom. The summed E-state index contributed by atoms with van der Waals surface area (Å²) in [6.07, 6.45) is 5.22. The van der Waals surface area contributed by atoms with Gasteiger partial charge in [0.15, 0.2) is 0 Å². The Balaban J connectivity index is 1.63. The van der Waals surface area contributed by atoms with Gasteiger partial charge in [-0.1, -0.05) is 31.8 Å². The summed E-state index contributed by atoms with van der Waals surface area (Å²) in [7, 11) is 0. The predicted molar refractivity (Wildman–Crippen MR) is 80.0 cm³/mol. The monoisotopic (exact) mass is 294 g/mol. The number of piperidine rings is 1. The summed E-state index contributed by atoms with van der Waals surface area (Å²) < 4.78 is 5.75. The Morgan fingerprint density at radius 3 is 3.05 bits per heavy atom. The molecule has 0 radical (unpaired) electrons. The molecule has 1 aromatic rings. The first-order valence-corrected chi connectivity index (χ1v) is 8.10. The van der Waals surface area contributed by atoms with Gasteiger partial charge >= 0.3 is 6.01 Å². The first-order chi connectivity index (χ1) is 10.1. The molecule has 1 saturated heterocycles. The van der Waals surface area contributed by atoms with E-state index in [0.29, 0.717) is 30.4 Å². The molecule has 1 aliphatic heterocycles. The molecule has 1 saturated carbocycles. The molecule has 2 atom stereocenters. The molecule has 3 rings (SSSR count). The van der Waals surface area contributed by atoms with Crippen LogP contribution in [0.15, 0.2) is 4.42 Å². The number of aliphatic hydroxyl groups is 1. The highest BCUT2D eigenvalue weighted by Crippen LogP contribution is 2.40. The van der Waals surface area contributed by atoms with Crippen molar-refractivity contribution in [3.05, 3.63) is 5.89 Å². The SMILES string of the molecule is CC(C)NCc1nnc(N2CCC3(O)CCCCC3C2)o1. The molecule has 2 aliphatic rings. The van der Waals surface area contributed by atoms with Crippen molar-refractivity contribution in [1.82, 2.24) is 15.5 Å². The van der Waals surface area contributed by atoms with Gasteiger partial charge in [-0.05, 0) is 19.3 Å². The van der Waals surface area contributed by atoms with Gasteiger partial charge in [-0.2, -0.15) is 0 Å². The van der Waals surface area contributed by atoms with Crippen LogP contribution in [0.25, 0.3) is 0 Å². The standard InChI is InChI=1S/C15H26N4O2/c1-11(2)16-9-13-17-18-14(21-13)19-8-7-15(20)6-4-3-5-12(15)10-19/h11-12,16,20H,3-10H2,1-2H3. The van der Waals surface area contributed by atoms with E-state index in [1.807, 2.05) is 0 Å². The fraction of sp³-hybridized carbons (Fsp3) is 0.867. The molecule has 2 heterocycles. The first kappa shape index (κ1) is 14.8. The maximum Gasteiger partial charge on any atom is 0.318 e. The van der Waals surface area contributed by atoms with Crippen LogP contribution in [0.3, 0.4) is 0 Å². The number of nitrogens with one attached hydrogen (secondary N) is 1. The average molecular weight is 294 g/mol. The van der Waals surface area contributed by atoms with Crippen LogP contribution in [-0.4, -0.2) is 40.0 Å². The molecule has 2 N–H and O–H groups in total. The van der Waals surface area contributed by atoms with Crippen LogP contribution in [-0.2, 0) is 6.54 Å². The third-order valence-corrected chi connectivity index (χ3v) is 4.82. The zero-order valence-electron chi connectivity index (χ0n) is 13.0. The van der Waals surface area contributed by atoms with Crippen molar-refractivity contribution in [2.75, 3.05) is 18.0 Å². The molecule has 1 aromatic heterocycles. The number of anilines is 1. The molecule has 0 amide bonds. The molecular formula is C15H26N4O2. The van der Waals surface area contributed by atoms with Crippen LogP contribution < -0.4 is 10.2 Å². The first-order valence-electron chi connectivity index (χ1n) is 8.10. The molecule has 1 aliphatic carbocycles. The Kier molecular flexibility index (Phi) is 4.17. The van der Waals surface area contributed by atoms with Gasteiger partial charge in [0.05, 0.1) is 12.1 Å². The van der Waals surface area contributed by atoms with Gasteiger partial charge in [0.2, 0.25) is 5.89 Å². The third kappa shape index (κ3) is 3.21. The number of fused-ring (bicyclic) bond motifs is 1. The molecule has 2 unspecified atom stereocenters. The predicted octanol–water partition coefficient (Wildman–Crippen LogP) is 1.70. The zero-order chi connectivity index (χ0) is 14.9. The number of hydrogen-bond donors (Lipinski definition) is 2. The molecule has 21 heavy (non-hydrogen) atoms. The summed E-state index contributed by atoms with van der Waals surface area (Å²) in [6.45, 7) is 6.41. The molecular weight excluding hydrogens is 268 g/mol. The Morgan fingerprint density at radius 2 is 2.24 bits per heavy atom. The minimum Gasteiger partial charge on any atom is -0.407 e. The minimum absolute atomic E-state index is 0.337. The van der Waals surface area contributed by atoms with Crippen LogP contribution in [0.4, 0.5) is 6.01 Å². The van der Waals surface area contributed by atoms with E-state index in [2.05, 4.69) is 34.3 Å². The number of nitrogens with zero attached hydrogens (tertiary/aromatic N) is 3. The van der Waals surface area contributed by atoms with E-state index in [1.54, 1.807) is 0 Å². The van der Waals surface area contributed by atoms with Gasteiger partial charge in [0.1, 0.15) is 0 Å². The smallest absolute Gasteiger partial charge is 0.318 e. The summed E-state index contributed by atoms with van der Waals surface area (Å²) >= 11 is 0. The second-order valence-corrected chi connectivity index (χ2v) is 6.76. The van der Waals surface area contributed by atoms with Gasteiger partial charge in [0, 0.05) is 25.0 Å². The van der Waals surface area contributed by atoms with E-state index < -0.39 is 5.60 Å². The third-order valence-electron chi connectivity index (χ3n) is 4.82. The summed E-state index contributed by atoms with van der Waals surface area (Å²) in [5.74, 6) is 0.965. The quantitative estimate of drug-likeness (QED) is 0.880. The van der Waals surface area contributed by atoms with E-state index in [9.17, 15) is 5.11 Å². The lowest BCUT2D eigenvalue weighted by molar-refractivity contribution is -0.0619. The number of rotatable bonds is 4. The van der Waals surface area contributed by atoms with Crippen molar-refractivity contribution in [2.24, 2.45) is 5.92 Å². The van der Waals surface area contributed by atoms with Gasteiger partial charge in [-0.15, -0.1) is 5.10 Å². The van der Waals surface area contributed by atoms with E-state index in [-0.39, 0.29) is 0 Å². The molecule has 2 fully saturated rings. The lowest BCUT2D eigenvalue weighted by Crippen LogP contribution is -2.53. The van der Waals surface area contributed by atoms with Gasteiger partial charge in [-0.3, -0.25) is 0 Å². The molecule has 0 spiro atoms. The van der Waals surface area contributed by atoms with Gasteiger partial charge in [-0.25, -0.2) is 0 Å². The topological polar surface area (TPSA) is 74.4 Å². The highest BCUT2D eigenvalue weighted by molar-refractivity contribution is 5.27. The van der Waals surface area contributed by atoms with E-state index in [1.165, 1.54) is 6.42 Å². The van der Waals surface area contributed by atoms with E-state index in [0.717, 1.165) is 38.8 Å². The fourth-order valence-electron chi connectivity index (χ4n) is 3.48. The number of hydrogen-bond acceptors (Lipinski definition) is 6. The second-order valence-electron chi connectivity index (χ2n) is 6.76. The highest BCUT2D eigenvalue weighted by atomic mass is 16.4. The molecule has 6 nitrogen and oxygen atoms in total. The van der Waals surface area contributed by atoms with Crippen LogP contribution in [0.5, 0.6) is 0 Å². The van der Waals surface area contributed by atoms with E-state index >= 15 is 0 Å². The lowest BCUT2D eigenvalue weighted by Gasteiger charge is -2.46. The van der Waals surface area contributed by atoms with Crippen molar-refractivity contribution in [2.45, 2.75) is 64.1 Å². The van der Waals surface area contributed by atoms with Crippen molar-refractivity contribution < 1.29 is 9.52 Å². The summed E-state index contributed by atoms with van der Waals surface area (Å²) in [5.41, 5.74) is -0.462. The summed E-state index contributed by atoms with van der Waals surface area (Å²) in [6, 6.07) is 0.996. The molecule has 6 heteroatoms. The number of aromatic nitrogens is 2.